The molecule has 0 bridgehead atoms. The van der Waals surface area contributed by atoms with Crippen molar-refractivity contribution in [3.8, 4) is 0 Å². The zero-order chi connectivity index (χ0) is 15.3. The van der Waals surface area contributed by atoms with Crippen LogP contribution < -0.4 is 5.32 Å². The molecule has 0 spiro atoms. The standard InChI is InChI=1S/C14H24N2O4/c1-14(2,3)13(19)15-9-11(17)16-8-6-5-7-10(16)12(18)20-4/h10H,5-9H2,1-4H3,(H,15,19)/t10-/m1/s1. The second kappa shape index (κ2) is 6.72. The first-order valence-corrected chi connectivity index (χ1v) is 6.93. The van der Waals surface area contributed by atoms with Gasteiger partial charge >= 0.3 is 5.97 Å². The Kier molecular flexibility index (Phi) is 5.53. The average molecular weight is 284 g/mol. The topological polar surface area (TPSA) is 75.7 Å². The fourth-order valence-electron chi connectivity index (χ4n) is 2.13. The van der Waals surface area contributed by atoms with Crippen LogP contribution in [-0.4, -0.2) is 48.9 Å². The van der Waals surface area contributed by atoms with E-state index in [1.54, 1.807) is 20.8 Å². The third kappa shape index (κ3) is 4.21. The second-order valence-corrected chi connectivity index (χ2v) is 6.05. The van der Waals surface area contributed by atoms with Crippen LogP contribution in [0.4, 0.5) is 0 Å². The molecule has 0 radical (unpaired) electrons. The molecule has 0 aromatic rings. The number of nitrogens with one attached hydrogen (secondary N) is 1. The van der Waals surface area contributed by atoms with E-state index < -0.39 is 11.5 Å². The van der Waals surface area contributed by atoms with Gasteiger partial charge in [-0.1, -0.05) is 20.8 Å². The summed E-state index contributed by atoms with van der Waals surface area (Å²) >= 11 is 0. The Morgan fingerprint density at radius 2 is 1.90 bits per heavy atom. The van der Waals surface area contributed by atoms with Gasteiger partial charge in [-0.3, -0.25) is 9.59 Å². The number of ether oxygens (including phenoxy) is 1. The van der Waals surface area contributed by atoms with E-state index in [0.29, 0.717) is 13.0 Å². The van der Waals surface area contributed by atoms with Crippen molar-refractivity contribution < 1.29 is 19.1 Å². The lowest BCUT2D eigenvalue weighted by atomic mass is 9.96. The van der Waals surface area contributed by atoms with Crippen LogP contribution in [0.15, 0.2) is 0 Å². The summed E-state index contributed by atoms with van der Waals surface area (Å²) < 4.78 is 4.73. The molecule has 1 saturated heterocycles. The van der Waals surface area contributed by atoms with E-state index in [0.717, 1.165) is 12.8 Å². The monoisotopic (exact) mass is 284 g/mol. The van der Waals surface area contributed by atoms with Gasteiger partial charge in [0, 0.05) is 12.0 Å². The molecule has 1 rings (SSSR count). The minimum absolute atomic E-state index is 0.0798. The number of methoxy groups -OCH3 is 1. The van der Waals surface area contributed by atoms with Gasteiger partial charge in [0.15, 0.2) is 0 Å². The molecule has 0 aromatic heterocycles. The number of carbonyl (C=O) groups is 3. The number of nitrogens with zero attached hydrogens (tertiary/aromatic N) is 1. The lowest BCUT2D eigenvalue weighted by Crippen LogP contribution is -2.52. The van der Waals surface area contributed by atoms with Crippen LogP contribution in [0.3, 0.4) is 0 Å². The lowest BCUT2D eigenvalue weighted by molar-refractivity contribution is -0.154. The van der Waals surface area contributed by atoms with Crippen molar-refractivity contribution in [1.82, 2.24) is 10.2 Å². The van der Waals surface area contributed by atoms with Crippen LogP contribution in [0.2, 0.25) is 0 Å². The molecule has 6 nitrogen and oxygen atoms in total. The number of esters is 1. The SMILES string of the molecule is COC(=O)[C@H]1CCCCN1C(=O)CNC(=O)C(C)(C)C. The molecule has 1 aliphatic rings. The maximum Gasteiger partial charge on any atom is 0.328 e. The zero-order valence-corrected chi connectivity index (χ0v) is 12.7. The number of hydrogen-bond donors (Lipinski definition) is 1. The maximum atomic E-state index is 12.2. The molecule has 0 saturated carbocycles. The molecule has 2 amide bonds. The summed E-state index contributed by atoms with van der Waals surface area (Å²) in [5.74, 6) is -0.810. The molecule has 114 valence electrons. The van der Waals surface area contributed by atoms with Crippen LogP contribution in [0.1, 0.15) is 40.0 Å². The van der Waals surface area contributed by atoms with Crippen molar-refractivity contribution in [2.24, 2.45) is 5.41 Å². The van der Waals surface area contributed by atoms with Crippen molar-refractivity contribution >= 4 is 17.8 Å². The Bertz CT molecular complexity index is 387. The largest absolute Gasteiger partial charge is 0.467 e. The van der Waals surface area contributed by atoms with E-state index in [-0.39, 0.29) is 24.3 Å². The Morgan fingerprint density at radius 1 is 1.25 bits per heavy atom. The van der Waals surface area contributed by atoms with Crippen LogP contribution in [0.25, 0.3) is 0 Å². The van der Waals surface area contributed by atoms with Crippen LogP contribution in [0.5, 0.6) is 0 Å². The number of carbonyl (C=O) groups excluding carboxylic acids is 3. The van der Waals surface area contributed by atoms with Crippen molar-refractivity contribution in [3.63, 3.8) is 0 Å². The molecule has 1 heterocycles. The van der Waals surface area contributed by atoms with Gasteiger partial charge in [0.05, 0.1) is 13.7 Å². The molecule has 0 aliphatic carbocycles. The number of rotatable bonds is 3. The highest BCUT2D eigenvalue weighted by molar-refractivity contribution is 5.89. The van der Waals surface area contributed by atoms with Crippen LogP contribution >= 0.6 is 0 Å². The summed E-state index contributed by atoms with van der Waals surface area (Å²) in [6.07, 6.45) is 2.38. The maximum absolute atomic E-state index is 12.2. The molecule has 0 aromatic carbocycles. The van der Waals surface area contributed by atoms with Gasteiger partial charge in [0.1, 0.15) is 6.04 Å². The summed E-state index contributed by atoms with van der Waals surface area (Å²) in [6, 6.07) is -0.521. The first kappa shape index (κ1) is 16.5. The molecule has 1 atom stereocenters. The van der Waals surface area contributed by atoms with Gasteiger partial charge in [0.25, 0.3) is 0 Å². The van der Waals surface area contributed by atoms with Crippen molar-refractivity contribution in [2.75, 3.05) is 20.2 Å². The highest BCUT2D eigenvalue weighted by Crippen LogP contribution is 2.18. The normalized spacial score (nSPS) is 19.4. The summed E-state index contributed by atoms with van der Waals surface area (Å²) in [5, 5.41) is 2.61. The first-order chi connectivity index (χ1) is 9.27. The van der Waals surface area contributed by atoms with Crippen LogP contribution in [0, 0.1) is 5.41 Å². The van der Waals surface area contributed by atoms with E-state index in [9.17, 15) is 14.4 Å². The predicted octanol–water partition coefficient (Wildman–Crippen LogP) is 0.703. The Labute approximate surface area is 119 Å². The number of hydrogen-bond acceptors (Lipinski definition) is 4. The van der Waals surface area contributed by atoms with Crippen molar-refractivity contribution in [1.29, 1.82) is 0 Å². The Morgan fingerprint density at radius 3 is 2.45 bits per heavy atom. The molecule has 1 fully saturated rings. The summed E-state index contributed by atoms with van der Waals surface area (Å²) in [7, 11) is 1.32. The Hall–Kier alpha value is -1.59. The van der Waals surface area contributed by atoms with Gasteiger partial charge in [-0.15, -0.1) is 0 Å². The highest BCUT2D eigenvalue weighted by Gasteiger charge is 2.33. The van der Waals surface area contributed by atoms with Crippen molar-refractivity contribution in [2.45, 2.75) is 46.1 Å². The molecular formula is C14H24N2O4. The third-order valence-electron chi connectivity index (χ3n) is 3.38. The van der Waals surface area contributed by atoms with E-state index in [4.69, 9.17) is 4.74 Å². The van der Waals surface area contributed by atoms with Gasteiger partial charge < -0.3 is 15.0 Å². The first-order valence-electron chi connectivity index (χ1n) is 6.93. The minimum Gasteiger partial charge on any atom is -0.467 e. The molecule has 1 aliphatic heterocycles. The predicted molar refractivity (Wildman–Crippen MR) is 73.8 cm³/mol. The summed E-state index contributed by atoms with van der Waals surface area (Å²) in [6.45, 7) is 5.80. The smallest absolute Gasteiger partial charge is 0.328 e. The fourth-order valence-corrected chi connectivity index (χ4v) is 2.13. The Balaban J connectivity index is 2.60. The van der Waals surface area contributed by atoms with Gasteiger partial charge in [0.2, 0.25) is 11.8 Å². The number of piperidine rings is 1. The minimum atomic E-state index is -0.538. The second-order valence-electron chi connectivity index (χ2n) is 6.05. The van der Waals surface area contributed by atoms with E-state index in [2.05, 4.69) is 5.32 Å². The van der Waals surface area contributed by atoms with Gasteiger partial charge in [-0.05, 0) is 19.3 Å². The van der Waals surface area contributed by atoms with E-state index in [1.165, 1.54) is 12.0 Å². The number of likely N-dealkylation sites (tertiary alicyclic amines) is 1. The lowest BCUT2D eigenvalue weighted by Gasteiger charge is -2.34. The summed E-state index contributed by atoms with van der Waals surface area (Å²) in [4.78, 5) is 37.1. The molecule has 6 heteroatoms. The van der Waals surface area contributed by atoms with E-state index in [1.807, 2.05) is 0 Å². The quantitative estimate of drug-likeness (QED) is 0.774. The van der Waals surface area contributed by atoms with Gasteiger partial charge in [-0.2, -0.15) is 0 Å². The highest BCUT2D eigenvalue weighted by atomic mass is 16.5. The third-order valence-corrected chi connectivity index (χ3v) is 3.38. The zero-order valence-electron chi connectivity index (χ0n) is 12.7. The molecule has 0 unspecified atom stereocenters. The molecule has 1 N–H and O–H groups in total. The summed E-state index contributed by atoms with van der Waals surface area (Å²) in [5.41, 5.74) is -0.538. The molecular weight excluding hydrogens is 260 g/mol. The van der Waals surface area contributed by atoms with Crippen molar-refractivity contribution in [3.05, 3.63) is 0 Å². The average Bonchev–Trinajstić information content (AvgIpc) is 2.42. The fraction of sp³-hybridized carbons (Fsp3) is 0.786. The molecule has 20 heavy (non-hydrogen) atoms. The number of amides is 2. The van der Waals surface area contributed by atoms with Crippen LogP contribution in [-0.2, 0) is 19.1 Å². The van der Waals surface area contributed by atoms with E-state index >= 15 is 0 Å². The van der Waals surface area contributed by atoms with Gasteiger partial charge in [-0.25, -0.2) is 4.79 Å².